The number of carboxylic acid groups (broad SMARTS) is 2. The van der Waals surface area contributed by atoms with Gasteiger partial charge in [-0.25, -0.2) is 0 Å². The Morgan fingerprint density at radius 3 is 2.68 bits per heavy atom. The summed E-state index contributed by atoms with van der Waals surface area (Å²) in [6.45, 7) is 1.77. The molecule has 3 rings (SSSR count). The van der Waals surface area contributed by atoms with Gasteiger partial charge in [-0.2, -0.15) is 0 Å². The van der Waals surface area contributed by atoms with Crippen LogP contribution in [0.4, 0.5) is 0 Å². The van der Waals surface area contributed by atoms with Gasteiger partial charge in [-0.05, 0) is 43.7 Å². The molecule has 1 saturated heterocycles. The van der Waals surface area contributed by atoms with Crippen molar-refractivity contribution in [3.8, 4) is 0 Å². The maximum atomic E-state index is 12.9. The molecule has 1 aromatic rings. The SMILES string of the molecule is CCC[C@@]1(C(=O)O)CN(C(=O)c2cc3c([nH]c2=O)CCC3)CC[C@@H]1O.O=CO. The van der Waals surface area contributed by atoms with Crippen LogP contribution in [0.2, 0.25) is 0 Å². The van der Waals surface area contributed by atoms with E-state index in [4.69, 9.17) is 9.90 Å². The van der Waals surface area contributed by atoms with Gasteiger partial charge in [0.1, 0.15) is 11.0 Å². The number of aryl methyl sites for hydroxylation is 2. The average molecular weight is 394 g/mol. The van der Waals surface area contributed by atoms with Crippen LogP contribution in [0.5, 0.6) is 0 Å². The molecule has 0 spiro atoms. The summed E-state index contributed by atoms with van der Waals surface area (Å²) >= 11 is 0. The summed E-state index contributed by atoms with van der Waals surface area (Å²) < 4.78 is 0. The Morgan fingerprint density at radius 1 is 1.39 bits per heavy atom. The number of carbonyl (C=O) groups excluding carboxylic acids is 1. The minimum atomic E-state index is -1.37. The van der Waals surface area contributed by atoms with E-state index < -0.39 is 29.0 Å². The predicted molar refractivity (Wildman–Crippen MR) is 99.3 cm³/mol. The number of piperidine rings is 1. The molecule has 1 aliphatic carbocycles. The van der Waals surface area contributed by atoms with E-state index in [-0.39, 0.29) is 38.0 Å². The quantitative estimate of drug-likeness (QED) is 0.548. The van der Waals surface area contributed by atoms with Gasteiger partial charge in [0, 0.05) is 18.8 Å². The summed E-state index contributed by atoms with van der Waals surface area (Å²) in [4.78, 5) is 49.5. The first kappa shape index (κ1) is 21.6. The lowest BCUT2D eigenvalue weighted by molar-refractivity contribution is -0.162. The fraction of sp³-hybridized carbons (Fsp3) is 0.579. The number of aliphatic carboxylic acids is 1. The number of fused-ring (bicyclic) bond motifs is 1. The number of rotatable bonds is 4. The molecule has 0 bridgehead atoms. The molecule has 1 aliphatic heterocycles. The number of aliphatic hydroxyl groups excluding tert-OH is 1. The number of nitrogens with zero attached hydrogens (tertiary/aromatic N) is 1. The van der Waals surface area contributed by atoms with Gasteiger partial charge in [-0.15, -0.1) is 0 Å². The largest absolute Gasteiger partial charge is 0.483 e. The van der Waals surface area contributed by atoms with E-state index in [1.807, 2.05) is 6.92 Å². The number of H-pyrrole nitrogens is 1. The molecule has 0 aromatic carbocycles. The normalized spacial score (nSPS) is 23.4. The second kappa shape index (κ2) is 9.01. The van der Waals surface area contributed by atoms with Crippen molar-refractivity contribution in [1.82, 2.24) is 9.88 Å². The molecule has 9 nitrogen and oxygen atoms in total. The highest BCUT2D eigenvalue weighted by Crippen LogP contribution is 2.36. The lowest BCUT2D eigenvalue weighted by Crippen LogP contribution is -2.57. The molecule has 9 heteroatoms. The molecule has 1 aromatic heterocycles. The third-order valence-electron chi connectivity index (χ3n) is 5.51. The van der Waals surface area contributed by atoms with E-state index in [0.29, 0.717) is 6.42 Å². The number of likely N-dealkylation sites (tertiary alicyclic amines) is 1. The van der Waals surface area contributed by atoms with Crippen molar-refractivity contribution >= 4 is 18.3 Å². The van der Waals surface area contributed by atoms with Crippen LogP contribution in [0.15, 0.2) is 10.9 Å². The van der Waals surface area contributed by atoms with Gasteiger partial charge < -0.3 is 25.2 Å². The number of carbonyl (C=O) groups is 3. The van der Waals surface area contributed by atoms with E-state index in [1.54, 1.807) is 6.07 Å². The van der Waals surface area contributed by atoms with Crippen molar-refractivity contribution in [2.75, 3.05) is 13.1 Å². The standard InChI is InChI=1S/C18H24N2O5.CH2O2/c1-2-7-18(17(24)25)10-20(8-6-14(18)21)16(23)12-9-11-4-3-5-13(11)19-15(12)22;2-1-3/h9,14,21H,2-8,10H2,1H3,(H,19,22)(H,24,25);1H,(H,2,3)/t14-,18+;/m0./s1. The van der Waals surface area contributed by atoms with E-state index in [0.717, 1.165) is 30.5 Å². The summed E-state index contributed by atoms with van der Waals surface area (Å²) in [6, 6.07) is 1.65. The molecular formula is C19H26N2O7. The van der Waals surface area contributed by atoms with Gasteiger partial charge in [0.25, 0.3) is 17.9 Å². The average Bonchev–Trinajstić information content (AvgIpc) is 3.10. The second-order valence-electron chi connectivity index (χ2n) is 7.22. The fourth-order valence-electron chi connectivity index (χ4n) is 4.10. The van der Waals surface area contributed by atoms with Gasteiger partial charge in [0.05, 0.1) is 6.10 Å². The van der Waals surface area contributed by atoms with Crippen LogP contribution in [0.1, 0.15) is 54.2 Å². The van der Waals surface area contributed by atoms with Crippen molar-refractivity contribution in [1.29, 1.82) is 0 Å². The Hall–Kier alpha value is -2.68. The Labute approximate surface area is 162 Å². The van der Waals surface area contributed by atoms with Crippen molar-refractivity contribution in [2.45, 2.75) is 51.6 Å². The second-order valence-corrected chi connectivity index (χ2v) is 7.22. The molecule has 4 N–H and O–H groups in total. The van der Waals surface area contributed by atoms with Crippen LogP contribution in [0, 0.1) is 5.41 Å². The molecule has 0 radical (unpaired) electrons. The summed E-state index contributed by atoms with van der Waals surface area (Å²) in [6.07, 6.45) is 2.68. The molecule has 28 heavy (non-hydrogen) atoms. The zero-order valence-electron chi connectivity index (χ0n) is 15.8. The topological polar surface area (TPSA) is 148 Å². The molecule has 154 valence electrons. The smallest absolute Gasteiger partial charge is 0.314 e. The van der Waals surface area contributed by atoms with E-state index in [1.165, 1.54) is 4.90 Å². The summed E-state index contributed by atoms with van der Waals surface area (Å²) in [5, 5.41) is 26.9. The summed E-state index contributed by atoms with van der Waals surface area (Å²) in [7, 11) is 0. The highest BCUT2D eigenvalue weighted by atomic mass is 16.4. The minimum Gasteiger partial charge on any atom is -0.483 e. The maximum Gasteiger partial charge on any atom is 0.314 e. The Morgan fingerprint density at radius 2 is 2.07 bits per heavy atom. The van der Waals surface area contributed by atoms with Crippen molar-refractivity contribution in [2.24, 2.45) is 5.41 Å². The fourth-order valence-corrected chi connectivity index (χ4v) is 4.10. The molecule has 0 unspecified atom stereocenters. The number of hydrogen-bond donors (Lipinski definition) is 4. The first-order chi connectivity index (χ1) is 13.3. The number of carboxylic acids is 1. The lowest BCUT2D eigenvalue weighted by atomic mass is 9.74. The van der Waals surface area contributed by atoms with E-state index in [2.05, 4.69) is 4.98 Å². The zero-order chi connectivity index (χ0) is 20.9. The first-order valence-corrected chi connectivity index (χ1v) is 9.34. The number of pyridine rings is 1. The Bertz CT molecular complexity index is 804. The van der Waals surface area contributed by atoms with Gasteiger partial charge in [0.2, 0.25) is 0 Å². The Kier molecular flexibility index (Phi) is 6.95. The maximum absolute atomic E-state index is 12.9. The number of aliphatic hydroxyl groups is 1. The van der Waals surface area contributed by atoms with Gasteiger partial charge in [0.15, 0.2) is 0 Å². The molecule has 1 amide bonds. The number of aromatic nitrogens is 1. The van der Waals surface area contributed by atoms with Crippen molar-refractivity contribution in [3.05, 3.63) is 33.2 Å². The molecular weight excluding hydrogens is 368 g/mol. The van der Waals surface area contributed by atoms with Gasteiger partial charge in [-0.3, -0.25) is 19.2 Å². The Balaban J connectivity index is 0.000000878. The zero-order valence-corrected chi connectivity index (χ0v) is 15.8. The monoisotopic (exact) mass is 394 g/mol. The highest BCUT2D eigenvalue weighted by molar-refractivity contribution is 5.94. The van der Waals surface area contributed by atoms with Crippen LogP contribution in [0.25, 0.3) is 0 Å². The summed E-state index contributed by atoms with van der Waals surface area (Å²) in [5.41, 5.74) is 0.145. The molecule has 0 saturated carbocycles. The van der Waals surface area contributed by atoms with Crippen molar-refractivity contribution < 1.29 is 29.7 Å². The highest BCUT2D eigenvalue weighted by Gasteiger charge is 2.49. The summed E-state index contributed by atoms with van der Waals surface area (Å²) in [5.74, 6) is -1.55. The van der Waals surface area contributed by atoms with E-state index in [9.17, 15) is 24.6 Å². The van der Waals surface area contributed by atoms with Crippen molar-refractivity contribution in [3.63, 3.8) is 0 Å². The van der Waals surface area contributed by atoms with Crippen LogP contribution in [-0.2, 0) is 22.4 Å². The van der Waals surface area contributed by atoms with Crippen LogP contribution in [-0.4, -0.2) is 62.7 Å². The number of amides is 1. The molecule has 2 heterocycles. The van der Waals surface area contributed by atoms with Crippen LogP contribution in [0.3, 0.4) is 0 Å². The van der Waals surface area contributed by atoms with Gasteiger partial charge >= 0.3 is 5.97 Å². The number of nitrogens with one attached hydrogen (secondary N) is 1. The third-order valence-corrected chi connectivity index (χ3v) is 5.51. The molecule has 2 atom stereocenters. The molecule has 2 aliphatic rings. The predicted octanol–water partition coefficient (Wildman–Crippen LogP) is 0.642. The minimum absolute atomic E-state index is 0.0628. The third kappa shape index (κ3) is 4.09. The van der Waals surface area contributed by atoms with Gasteiger partial charge in [-0.1, -0.05) is 13.3 Å². The number of hydrogen-bond acceptors (Lipinski definition) is 5. The van der Waals surface area contributed by atoms with Crippen LogP contribution < -0.4 is 5.56 Å². The first-order valence-electron chi connectivity index (χ1n) is 9.34. The number of aromatic amines is 1. The molecule has 1 fully saturated rings. The van der Waals surface area contributed by atoms with Crippen LogP contribution >= 0.6 is 0 Å². The van der Waals surface area contributed by atoms with E-state index >= 15 is 0 Å². The lowest BCUT2D eigenvalue weighted by Gasteiger charge is -2.43.